The molecule has 0 spiro atoms. The monoisotopic (exact) mass is 501 g/mol. The Labute approximate surface area is 207 Å². The van der Waals surface area contributed by atoms with E-state index >= 15 is 0 Å². The molecular weight excluding hydrogens is 474 g/mol. The highest BCUT2D eigenvalue weighted by Gasteiger charge is 2.37. The van der Waals surface area contributed by atoms with Crippen LogP contribution in [0.5, 0.6) is 5.75 Å². The number of carboxylic acids is 1. The van der Waals surface area contributed by atoms with Gasteiger partial charge in [0.15, 0.2) is 5.37 Å². The van der Waals surface area contributed by atoms with Crippen LogP contribution < -0.4 is 15.4 Å². The predicted octanol–water partition coefficient (Wildman–Crippen LogP) is 2.59. The zero-order valence-corrected chi connectivity index (χ0v) is 20.2. The first-order valence-electron chi connectivity index (χ1n) is 10.9. The van der Waals surface area contributed by atoms with Gasteiger partial charge in [-0.05, 0) is 48.9 Å². The summed E-state index contributed by atoms with van der Waals surface area (Å²) in [5.74, 6) is -0.849. The largest absolute Gasteiger partial charge is 0.497 e. The van der Waals surface area contributed by atoms with Crippen molar-refractivity contribution in [1.29, 1.82) is 0 Å². The summed E-state index contributed by atoms with van der Waals surface area (Å²) < 4.78 is 10.1. The van der Waals surface area contributed by atoms with Gasteiger partial charge in [0.05, 0.1) is 13.7 Å². The number of anilines is 1. The van der Waals surface area contributed by atoms with Crippen molar-refractivity contribution >= 4 is 41.3 Å². The fourth-order valence-electron chi connectivity index (χ4n) is 3.43. The first kappa shape index (κ1) is 25.9. The average molecular weight is 502 g/mol. The van der Waals surface area contributed by atoms with E-state index in [1.165, 1.54) is 16.7 Å². The summed E-state index contributed by atoms with van der Waals surface area (Å²) in [6.07, 6.45) is -0.568. The minimum Gasteiger partial charge on any atom is -0.497 e. The smallest absolute Gasteiger partial charge is 0.411 e. The normalized spacial score (nSPS) is 15.7. The summed E-state index contributed by atoms with van der Waals surface area (Å²) in [5.41, 5.74) is 1.66. The number of carbonyl (C=O) groups is 4. The van der Waals surface area contributed by atoms with E-state index < -0.39 is 29.4 Å². The second kappa shape index (κ2) is 12.1. The molecule has 2 aromatic carbocycles. The number of rotatable bonds is 9. The first-order valence-corrected chi connectivity index (χ1v) is 12.0. The third kappa shape index (κ3) is 6.89. The third-order valence-corrected chi connectivity index (χ3v) is 6.44. The van der Waals surface area contributed by atoms with Crippen LogP contribution in [0.4, 0.5) is 10.5 Å². The van der Waals surface area contributed by atoms with Crippen molar-refractivity contribution in [3.63, 3.8) is 0 Å². The molecule has 1 aliphatic rings. The summed E-state index contributed by atoms with van der Waals surface area (Å²) in [6, 6.07) is 12.2. The molecule has 1 heterocycles. The summed E-state index contributed by atoms with van der Waals surface area (Å²) in [7, 11) is 1.54. The molecule has 11 heteroatoms. The molecular formula is C24H27N3O7S. The molecule has 2 atom stereocenters. The fourth-order valence-corrected chi connectivity index (χ4v) is 4.55. The second-order valence-electron chi connectivity index (χ2n) is 7.60. The molecule has 1 aliphatic heterocycles. The van der Waals surface area contributed by atoms with Crippen molar-refractivity contribution in [3.8, 4) is 5.75 Å². The van der Waals surface area contributed by atoms with Crippen LogP contribution in [0.3, 0.4) is 0 Å². The Hall–Kier alpha value is -3.73. The lowest BCUT2D eigenvalue weighted by Crippen LogP contribution is -2.50. The van der Waals surface area contributed by atoms with Gasteiger partial charge in [-0.15, -0.1) is 11.8 Å². The van der Waals surface area contributed by atoms with Gasteiger partial charge < -0.3 is 25.2 Å². The van der Waals surface area contributed by atoms with E-state index in [2.05, 4.69) is 10.6 Å². The van der Waals surface area contributed by atoms with Crippen LogP contribution in [0.15, 0.2) is 48.5 Å². The Bertz CT molecular complexity index is 1060. The lowest BCUT2D eigenvalue weighted by molar-refractivity contribution is -0.142. The van der Waals surface area contributed by atoms with Gasteiger partial charge in [-0.25, -0.2) is 9.59 Å². The fraction of sp³-hybridized carbons (Fsp3) is 0.333. The van der Waals surface area contributed by atoms with Crippen LogP contribution in [-0.4, -0.2) is 71.3 Å². The van der Waals surface area contributed by atoms with Crippen LogP contribution in [0.2, 0.25) is 0 Å². The van der Waals surface area contributed by atoms with Crippen molar-refractivity contribution in [1.82, 2.24) is 10.2 Å². The van der Waals surface area contributed by atoms with E-state index in [1.807, 2.05) is 0 Å². The topological polar surface area (TPSA) is 134 Å². The van der Waals surface area contributed by atoms with Crippen LogP contribution in [0.1, 0.15) is 22.8 Å². The van der Waals surface area contributed by atoms with Crippen LogP contribution in [-0.2, 0) is 20.7 Å². The van der Waals surface area contributed by atoms with Gasteiger partial charge >= 0.3 is 12.1 Å². The maximum Gasteiger partial charge on any atom is 0.411 e. The standard InChI is InChI=1S/C24H27N3O7S/c1-3-34-24(32)27-12-13-35-22(27)21(29)26-19(23(30)31)14-15-4-8-17(9-5-15)25-20(28)16-6-10-18(33-2)11-7-16/h4-11,19,22H,3,12-14H2,1-2H3,(H,25,28)(H,26,29)(H,30,31)/t19-,22?/m0/s1. The maximum absolute atomic E-state index is 12.7. The molecule has 0 bridgehead atoms. The van der Waals surface area contributed by atoms with Gasteiger partial charge in [0.25, 0.3) is 11.8 Å². The molecule has 0 aliphatic carbocycles. The number of aliphatic carboxylic acids is 1. The lowest BCUT2D eigenvalue weighted by atomic mass is 10.1. The summed E-state index contributed by atoms with van der Waals surface area (Å²) in [5, 5.41) is 14.1. The number of hydrogen-bond acceptors (Lipinski definition) is 7. The van der Waals surface area contributed by atoms with Crippen LogP contribution in [0.25, 0.3) is 0 Å². The number of carbonyl (C=O) groups excluding carboxylic acids is 3. The Kier molecular flexibility index (Phi) is 8.96. The van der Waals surface area contributed by atoms with E-state index in [9.17, 15) is 24.3 Å². The number of nitrogens with zero attached hydrogens (tertiary/aromatic N) is 1. The summed E-state index contributed by atoms with van der Waals surface area (Å²) >= 11 is 1.25. The van der Waals surface area contributed by atoms with Gasteiger partial charge in [0.1, 0.15) is 11.8 Å². The molecule has 35 heavy (non-hydrogen) atoms. The maximum atomic E-state index is 12.7. The highest BCUT2D eigenvalue weighted by molar-refractivity contribution is 8.00. The number of thioether (sulfide) groups is 1. The van der Waals surface area contributed by atoms with E-state index in [0.717, 1.165) is 0 Å². The predicted molar refractivity (Wildman–Crippen MR) is 131 cm³/mol. The van der Waals surface area contributed by atoms with Crippen molar-refractivity contribution in [2.75, 3.05) is 31.3 Å². The molecule has 0 saturated carbocycles. The molecule has 0 radical (unpaired) electrons. The van der Waals surface area contributed by atoms with E-state index in [0.29, 0.717) is 34.9 Å². The van der Waals surface area contributed by atoms with Crippen molar-refractivity contribution in [2.24, 2.45) is 0 Å². The number of amides is 3. The highest BCUT2D eigenvalue weighted by atomic mass is 32.2. The number of benzene rings is 2. The molecule has 1 saturated heterocycles. The number of carboxylic acid groups (broad SMARTS) is 1. The molecule has 3 rings (SSSR count). The second-order valence-corrected chi connectivity index (χ2v) is 8.79. The molecule has 1 unspecified atom stereocenters. The number of methoxy groups -OCH3 is 1. The molecule has 2 aromatic rings. The van der Waals surface area contributed by atoms with Gasteiger partial charge in [-0.3, -0.25) is 14.5 Å². The Morgan fingerprint density at radius 3 is 2.40 bits per heavy atom. The summed E-state index contributed by atoms with van der Waals surface area (Å²) in [6.45, 7) is 2.21. The number of hydrogen-bond donors (Lipinski definition) is 3. The minimum atomic E-state index is -1.19. The quantitative estimate of drug-likeness (QED) is 0.477. The van der Waals surface area contributed by atoms with E-state index in [1.54, 1.807) is 62.6 Å². The summed E-state index contributed by atoms with van der Waals surface area (Å²) in [4.78, 5) is 50.3. The van der Waals surface area contributed by atoms with E-state index in [4.69, 9.17) is 9.47 Å². The lowest BCUT2D eigenvalue weighted by Gasteiger charge is -2.24. The molecule has 10 nitrogen and oxygen atoms in total. The molecule has 3 amide bonds. The zero-order valence-electron chi connectivity index (χ0n) is 19.4. The van der Waals surface area contributed by atoms with Crippen molar-refractivity contribution in [2.45, 2.75) is 24.8 Å². The molecule has 3 N–H and O–H groups in total. The molecule has 186 valence electrons. The van der Waals surface area contributed by atoms with Gasteiger partial charge in [0, 0.05) is 30.0 Å². The van der Waals surface area contributed by atoms with Gasteiger partial charge in [0.2, 0.25) is 0 Å². The first-order chi connectivity index (χ1) is 16.8. The van der Waals surface area contributed by atoms with Crippen molar-refractivity contribution in [3.05, 3.63) is 59.7 Å². The van der Waals surface area contributed by atoms with Gasteiger partial charge in [-0.1, -0.05) is 12.1 Å². The molecule has 1 fully saturated rings. The average Bonchev–Trinajstić information content (AvgIpc) is 3.35. The highest BCUT2D eigenvalue weighted by Crippen LogP contribution is 2.25. The Morgan fingerprint density at radius 2 is 1.80 bits per heavy atom. The number of ether oxygens (including phenoxy) is 2. The van der Waals surface area contributed by atoms with Crippen LogP contribution in [0, 0.1) is 0 Å². The van der Waals surface area contributed by atoms with Crippen molar-refractivity contribution < 1.29 is 33.8 Å². The Balaban J connectivity index is 1.59. The van der Waals surface area contributed by atoms with Crippen LogP contribution >= 0.6 is 11.8 Å². The number of nitrogens with one attached hydrogen (secondary N) is 2. The zero-order chi connectivity index (χ0) is 25.4. The van der Waals surface area contributed by atoms with E-state index in [-0.39, 0.29) is 18.9 Å². The minimum absolute atomic E-state index is 0.0323. The molecule has 0 aromatic heterocycles. The Morgan fingerprint density at radius 1 is 1.11 bits per heavy atom. The SMILES string of the molecule is CCOC(=O)N1CCSC1C(=O)N[C@@H](Cc1ccc(NC(=O)c2ccc(OC)cc2)cc1)C(=O)O. The third-order valence-electron chi connectivity index (χ3n) is 5.24. The van der Waals surface area contributed by atoms with Gasteiger partial charge in [-0.2, -0.15) is 0 Å².